The van der Waals surface area contributed by atoms with Crippen LogP contribution in [-0.2, 0) is 0 Å². The van der Waals surface area contributed by atoms with E-state index < -0.39 is 11.9 Å². The number of aliphatic imine (C=N–C) groups is 1. The largest absolute Gasteiger partial charge is 0.432 e. The molecule has 12 heavy (non-hydrogen) atoms. The Kier molecular flexibility index (Phi) is 3.53. The van der Waals surface area contributed by atoms with Crippen molar-refractivity contribution in [3.8, 4) is 0 Å². The van der Waals surface area contributed by atoms with Gasteiger partial charge in [0.25, 0.3) is 0 Å². The first kappa shape index (κ1) is 10.7. The minimum Gasteiger partial charge on any atom is -0.399 e. The van der Waals surface area contributed by atoms with Gasteiger partial charge in [0.2, 0.25) is 0 Å². The van der Waals surface area contributed by atoms with Gasteiger partial charge < -0.3 is 5.73 Å². The normalized spacial score (nSPS) is 14.7. The van der Waals surface area contributed by atoms with Gasteiger partial charge >= 0.3 is 6.18 Å². The van der Waals surface area contributed by atoms with Crippen LogP contribution in [0.1, 0.15) is 0 Å². The molecule has 0 radical (unpaired) electrons. The van der Waals surface area contributed by atoms with Crippen LogP contribution in [0.4, 0.5) is 13.2 Å². The molecule has 2 nitrogen and oxygen atoms in total. The van der Waals surface area contributed by atoms with Gasteiger partial charge in [-0.1, -0.05) is 6.58 Å². The fourth-order valence-corrected chi connectivity index (χ4v) is 0.490. The molecule has 0 unspecified atom stereocenters. The van der Waals surface area contributed by atoms with Gasteiger partial charge in [-0.05, 0) is 12.2 Å². The van der Waals surface area contributed by atoms with E-state index in [9.17, 15) is 13.2 Å². The first-order valence-electron chi connectivity index (χ1n) is 3.05. The van der Waals surface area contributed by atoms with Crippen LogP contribution in [0.2, 0.25) is 0 Å². The number of alkyl halides is 3. The van der Waals surface area contributed by atoms with Crippen molar-refractivity contribution >= 4 is 5.71 Å². The summed E-state index contributed by atoms with van der Waals surface area (Å²) in [7, 11) is 1.05. The van der Waals surface area contributed by atoms with Crippen molar-refractivity contribution in [3.63, 3.8) is 0 Å². The lowest BCUT2D eigenvalue weighted by molar-refractivity contribution is -0.0577. The van der Waals surface area contributed by atoms with Crippen molar-refractivity contribution in [2.45, 2.75) is 6.18 Å². The third kappa shape index (κ3) is 3.23. The van der Waals surface area contributed by atoms with Gasteiger partial charge in [-0.25, -0.2) is 0 Å². The third-order valence-electron chi connectivity index (χ3n) is 1.07. The molecule has 0 saturated carbocycles. The van der Waals surface area contributed by atoms with Crippen LogP contribution in [0.25, 0.3) is 0 Å². The molecule has 2 N–H and O–H groups in total. The molecule has 0 atom stereocenters. The Hall–Kier alpha value is -1.26. The summed E-state index contributed by atoms with van der Waals surface area (Å²) in [6, 6.07) is 0. The zero-order chi connectivity index (χ0) is 9.78. The summed E-state index contributed by atoms with van der Waals surface area (Å²) in [5.74, 6) is 0. The van der Waals surface area contributed by atoms with Crippen LogP contribution in [0.3, 0.4) is 0 Å². The fraction of sp³-hybridized carbons (Fsp3) is 0.286. The van der Waals surface area contributed by atoms with Crippen molar-refractivity contribution < 1.29 is 13.2 Å². The van der Waals surface area contributed by atoms with E-state index in [0.29, 0.717) is 0 Å². The molecule has 0 aliphatic rings. The van der Waals surface area contributed by atoms with E-state index in [2.05, 4.69) is 11.6 Å². The molecule has 0 aromatic heterocycles. The van der Waals surface area contributed by atoms with Crippen LogP contribution in [-0.4, -0.2) is 18.9 Å². The molecule has 0 saturated heterocycles. The van der Waals surface area contributed by atoms with Gasteiger partial charge in [0.05, 0.1) is 0 Å². The average molecular weight is 178 g/mol. The van der Waals surface area contributed by atoms with Crippen LogP contribution in [0.15, 0.2) is 29.4 Å². The Morgan fingerprint density at radius 3 is 2.25 bits per heavy atom. The maximum Gasteiger partial charge on any atom is 0.432 e. The molecule has 0 amide bonds. The van der Waals surface area contributed by atoms with Gasteiger partial charge in [0.15, 0.2) is 0 Å². The lowest BCUT2D eigenvalue weighted by atomic mass is 10.3. The van der Waals surface area contributed by atoms with Crippen LogP contribution < -0.4 is 5.73 Å². The highest BCUT2D eigenvalue weighted by atomic mass is 19.4. The number of halogens is 3. The zero-order valence-corrected chi connectivity index (χ0v) is 6.52. The SMILES string of the molecule is C=C/C(N)=C\C(=NC)C(F)(F)F. The van der Waals surface area contributed by atoms with E-state index in [0.717, 1.165) is 19.2 Å². The second-order valence-corrected chi connectivity index (χ2v) is 1.96. The molecule has 0 rings (SSSR count). The summed E-state index contributed by atoms with van der Waals surface area (Å²) in [4.78, 5) is 3.03. The molecule has 0 bridgehead atoms. The van der Waals surface area contributed by atoms with E-state index in [1.807, 2.05) is 0 Å². The quantitative estimate of drug-likeness (QED) is 0.506. The van der Waals surface area contributed by atoms with Gasteiger partial charge in [-0.2, -0.15) is 13.2 Å². The second kappa shape index (κ2) is 3.94. The van der Waals surface area contributed by atoms with E-state index >= 15 is 0 Å². The topological polar surface area (TPSA) is 38.4 Å². The lowest BCUT2D eigenvalue weighted by Gasteiger charge is -2.05. The number of hydrogen-bond donors (Lipinski definition) is 1. The lowest BCUT2D eigenvalue weighted by Crippen LogP contribution is -2.21. The maximum atomic E-state index is 12.0. The van der Waals surface area contributed by atoms with Gasteiger partial charge in [-0.3, -0.25) is 4.99 Å². The van der Waals surface area contributed by atoms with E-state index in [1.165, 1.54) is 0 Å². The zero-order valence-electron chi connectivity index (χ0n) is 6.52. The van der Waals surface area contributed by atoms with Crippen LogP contribution >= 0.6 is 0 Å². The van der Waals surface area contributed by atoms with Crippen molar-refractivity contribution in [1.82, 2.24) is 0 Å². The molecule has 0 aromatic carbocycles. The summed E-state index contributed by atoms with van der Waals surface area (Å²) in [5, 5.41) is 0. The highest BCUT2D eigenvalue weighted by Gasteiger charge is 2.33. The summed E-state index contributed by atoms with van der Waals surface area (Å²) in [6.45, 7) is 3.21. The summed E-state index contributed by atoms with van der Waals surface area (Å²) < 4.78 is 35.9. The van der Waals surface area contributed by atoms with Gasteiger partial charge in [0.1, 0.15) is 5.71 Å². The first-order valence-corrected chi connectivity index (χ1v) is 3.05. The minimum absolute atomic E-state index is 0.0621. The summed E-state index contributed by atoms with van der Waals surface area (Å²) >= 11 is 0. The maximum absolute atomic E-state index is 12.0. The van der Waals surface area contributed by atoms with Gasteiger partial charge in [-0.15, -0.1) is 0 Å². The molecule has 0 aliphatic heterocycles. The first-order chi connectivity index (χ1) is 5.41. The molecule has 0 aromatic rings. The predicted octanol–water partition coefficient (Wildman–Crippen LogP) is 1.65. The van der Waals surface area contributed by atoms with E-state index in [-0.39, 0.29) is 5.70 Å². The van der Waals surface area contributed by atoms with Crippen LogP contribution in [0.5, 0.6) is 0 Å². The number of nitrogens with zero attached hydrogens (tertiary/aromatic N) is 1. The van der Waals surface area contributed by atoms with Crippen molar-refractivity contribution in [2.24, 2.45) is 10.7 Å². The number of nitrogens with two attached hydrogens (primary N) is 1. The number of hydrogen-bond acceptors (Lipinski definition) is 2. The molecule has 0 spiro atoms. The molecule has 0 aliphatic carbocycles. The Morgan fingerprint density at radius 2 is 2.00 bits per heavy atom. The Labute approximate surface area is 68.3 Å². The third-order valence-corrected chi connectivity index (χ3v) is 1.07. The molecule has 0 fully saturated rings. The fourth-order valence-electron chi connectivity index (χ4n) is 0.490. The molecule has 68 valence electrons. The van der Waals surface area contributed by atoms with Crippen LogP contribution in [0, 0.1) is 0 Å². The summed E-state index contributed by atoms with van der Waals surface area (Å²) in [6.07, 6.45) is -2.60. The van der Waals surface area contributed by atoms with Crippen molar-refractivity contribution in [2.75, 3.05) is 7.05 Å². The Bertz CT molecular complexity index is 225. The molecular weight excluding hydrogens is 169 g/mol. The van der Waals surface area contributed by atoms with Crippen molar-refractivity contribution in [3.05, 3.63) is 24.4 Å². The smallest absolute Gasteiger partial charge is 0.399 e. The Balaban J connectivity index is 4.74. The predicted molar refractivity (Wildman–Crippen MR) is 41.9 cm³/mol. The monoisotopic (exact) mass is 178 g/mol. The second-order valence-electron chi connectivity index (χ2n) is 1.96. The minimum atomic E-state index is -4.46. The van der Waals surface area contributed by atoms with Crippen molar-refractivity contribution in [1.29, 1.82) is 0 Å². The highest BCUT2D eigenvalue weighted by molar-refractivity contribution is 6.00. The number of rotatable bonds is 2. The summed E-state index contributed by atoms with van der Waals surface area (Å²) in [5.41, 5.74) is 4.03. The standard InChI is InChI=1S/C7H9F3N2/c1-3-5(11)4-6(12-2)7(8,9)10/h3-4H,1,11H2,2H3/b5-4+,12-6?. The van der Waals surface area contributed by atoms with Gasteiger partial charge in [0, 0.05) is 12.7 Å². The highest BCUT2D eigenvalue weighted by Crippen LogP contribution is 2.18. The Morgan fingerprint density at radius 1 is 1.50 bits per heavy atom. The van der Waals surface area contributed by atoms with E-state index in [1.54, 1.807) is 0 Å². The molecule has 0 heterocycles. The molecular formula is C7H9F3N2. The average Bonchev–Trinajstić information content (AvgIpc) is 1.97. The van der Waals surface area contributed by atoms with E-state index in [4.69, 9.17) is 5.73 Å². The number of allylic oxidation sites excluding steroid dienone is 2. The molecule has 5 heteroatoms.